The zero-order chi connectivity index (χ0) is 17.1. The highest BCUT2D eigenvalue weighted by Crippen LogP contribution is 2.21. The second kappa shape index (κ2) is 7.00. The summed E-state index contributed by atoms with van der Waals surface area (Å²) in [5.41, 5.74) is 4.10. The number of nitriles is 1. The first-order valence-electron chi connectivity index (χ1n) is 8.89. The number of hydrogen-bond donors (Lipinski definition) is 3. The average molecular weight is 330 g/mol. The van der Waals surface area contributed by atoms with Crippen LogP contribution in [0.25, 0.3) is 23.4 Å². The molecule has 126 valence electrons. The van der Waals surface area contributed by atoms with Crippen molar-refractivity contribution in [1.29, 1.82) is 5.26 Å². The van der Waals surface area contributed by atoms with Gasteiger partial charge in [0.05, 0.1) is 11.6 Å². The summed E-state index contributed by atoms with van der Waals surface area (Å²) < 4.78 is 0. The predicted octanol–water partition coefficient (Wildman–Crippen LogP) is 1.51. The van der Waals surface area contributed by atoms with E-state index < -0.39 is 0 Å². The van der Waals surface area contributed by atoms with Crippen LogP contribution >= 0.6 is 0 Å². The Morgan fingerprint density at radius 2 is 1.96 bits per heavy atom. The SMILES string of the molecule is N#Cc1cccc(-c2cc(NC3CCNCC3)c3c(c2)=CCNC=3)c1. The summed E-state index contributed by atoms with van der Waals surface area (Å²) in [5.74, 6) is 0. The van der Waals surface area contributed by atoms with Gasteiger partial charge in [0.25, 0.3) is 0 Å². The maximum absolute atomic E-state index is 9.18. The summed E-state index contributed by atoms with van der Waals surface area (Å²) in [7, 11) is 0. The van der Waals surface area contributed by atoms with Crippen LogP contribution in [0.2, 0.25) is 0 Å². The zero-order valence-corrected chi connectivity index (χ0v) is 14.2. The fourth-order valence-electron chi connectivity index (χ4n) is 3.58. The van der Waals surface area contributed by atoms with Crippen molar-refractivity contribution in [2.45, 2.75) is 18.9 Å². The Balaban J connectivity index is 1.78. The van der Waals surface area contributed by atoms with E-state index in [1.54, 1.807) is 0 Å². The molecule has 4 rings (SSSR count). The summed E-state index contributed by atoms with van der Waals surface area (Å²) >= 11 is 0. The fourth-order valence-corrected chi connectivity index (χ4v) is 3.58. The molecule has 0 amide bonds. The summed E-state index contributed by atoms with van der Waals surface area (Å²) in [6.45, 7) is 2.98. The molecular weight excluding hydrogens is 308 g/mol. The molecule has 0 aliphatic carbocycles. The molecule has 2 aromatic carbocycles. The molecular formula is C21H22N4. The molecule has 4 heteroatoms. The quantitative estimate of drug-likeness (QED) is 0.798. The maximum atomic E-state index is 9.18. The highest BCUT2D eigenvalue weighted by atomic mass is 15.0. The Labute approximate surface area is 147 Å². The molecule has 2 heterocycles. The number of hydrogen-bond acceptors (Lipinski definition) is 4. The molecule has 1 fully saturated rings. The van der Waals surface area contributed by atoms with Gasteiger partial charge in [0.1, 0.15) is 0 Å². The summed E-state index contributed by atoms with van der Waals surface area (Å²) in [6, 6.07) is 15.0. The van der Waals surface area contributed by atoms with Crippen molar-refractivity contribution < 1.29 is 0 Å². The molecule has 3 N–H and O–H groups in total. The number of nitrogens with one attached hydrogen (secondary N) is 3. The van der Waals surface area contributed by atoms with Gasteiger partial charge in [-0.3, -0.25) is 0 Å². The van der Waals surface area contributed by atoms with E-state index in [1.807, 2.05) is 18.2 Å². The number of fused-ring (bicyclic) bond motifs is 1. The van der Waals surface area contributed by atoms with Crippen molar-refractivity contribution in [2.75, 3.05) is 25.0 Å². The molecule has 0 spiro atoms. The van der Waals surface area contributed by atoms with Crippen LogP contribution in [-0.2, 0) is 0 Å². The second-order valence-electron chi connectivity index (χ2n) is 6.64. The van der Waals surface area contributed by atoms with E-state index in [4.69, 9.17) is 0 Å². The van der Waals surface area contributed by atoms with E-state index in [-0.39, 0.29) is 0 Å². The van der Waals surface area contributed by atoms with Crippen LogP contribution < -0.4 is 26.4 Å². The standard InChI is InChI=1S/C21H22N4/c22-13-15-2-1-3-16(10-15)18-11-17-4-7-24-14-20(17)21(12-18)25-19-5-8-23-9-6-19/h1-4,10-12,14,19,23-25H,5-9H2. The summed E-state index contributed by atoms with van der Waals surface area (Å²) in [4.78, 5) is 0. The molecule has 25 heavy (non-hydrogen) atoms. The van der Waals surface area contributed by atoms with Gasteiger partial charge < -0.3 is 16.0 Å². The Hall–Kier alpha value is -2.77. The highest BCUT2D eigenvalue weighted by Gasteiger charge is 2.14. The van der Waals surface area contributed by atoms with Crippen molar-refractivity contribution in [3.63, 3.8) is 0 Å². The molecule has 2 aliphatic rings. The summed E-state index contributed by atoms with van der Waals surface area (Å²) in [5, 5.41) is 22.1. The first kappa shape index (κ1) is 15.7. The molecule has 2 aliphatic heterocycles. The molecule has 1 saturated heterocycles. The normalized spacial score (nSPS) is 16.6. The lowest BCUT2D eigenvalue weighted by Crippen LogP contribution is -2.40. The van der Waals surface area contributed by atoms with Gasteiger partial charge in [-0.05, 0) is 66.5 Å². The van der Waals surface area contributed by atoms with Crippen LogP contribution in [-0.4, -0.2) is 25.7 Å². The van der Waals surface area contributed by atoms with Crippen LogP contribution in [0.4, 0.5) is 5.69 Å². The van der Waals surface area contributed by atoms with E-state index in [9.17, 15) is 5.26 Å². The minimum absolute atomic E-state index is 0.501. The van der Waals surface area contributed by atoms with E-state index >= 15 is 0 Å². The Kier molecular flexibility index (Phi) is 4.41. The first-order valence-corrected chi connectivity index (χ1v) is 8.89. The Morgan fingerprint density at radius 1 is 1.08 bits per heavy atom. The van der Waals surface area contributed by atoms with Gasteiger partial charge in [-0.25, -0.2) is 0 Å². The number of nitrogens with zero attached hydrogens (tertiary/aromatic N) is 1. The van der Waals surface area contributed by atoms with Gasteiger partial charge in [0.2, 0.25) is 0 Å². The van der Waals surface area contributed by atoms with Crippen molar-refractivity contribution >= 4 is 18.0 Å². The molecule has 4 nitrogen and oxygen atoms in total. The number of benzene rings is 2. The van der Waals surface area contributed by atoms with Crippen LogP contribution in [0.15, 0.2) is 36.4 Å². The first-order chi connectivity index (χ1) is 12.3. The lowest BCUT2D eigenvalue weighted by Gasteiger charge is -2.25. The molecule has 0 unspecified atom stereocenters. The maximum Gasteiger partial charge on any atom is 0.0991 e. The van der Waals surface area contributed by atoms with Crippen molar-refractivity contribution in [1.82, 2.24) is 10.6 Å². The lowest BCUT2D eigenvalue weighted by atomic mass is 9.99. The third-order valence-electron chi connectivity index (χ3n) is 4.92. The summed E-state index contributed by atoms with van der Waals surface area (Å²) in [6.07, 6.45) is 6.61. The number of rotatable bonds is 3. The monoisotopic (exact) mass is 330 g/mol. The average Bonchev–Trinajstić information content (AvgIpc) is 2.69. The van der Waals surface area contributed by atoms with E-state index in [2.05, 4.69) is 52.5 Å². The predicted molar refractivity (Wildman–Crippen MR) is 102 cm³/mol. The van der Waals surface area contributed by atoms with E-state index in [0.717, 1.165) is 43.6 Å². The minimum atomic E-state index is 0.501. The Bertz CT molecular complexity index is 933. The highest BCUT2D eigenvalue weighted by molar-refractivity contribution is 5.71. The lowest BCUT2D eigenvalue weighted by molar-refractivity contribution is 0.479. The smallest absolute Gasteiger partial charge is 0.0991 e. The molecule has 0 aromatic heterocycles. The van der Waals surface area contributed by atoms with Gasteiger partial charge in [-0.2, -0.15) is 5.26 Å². The van der Waals surface area contributed by atoms with Crippen molar-refractivity contribution in [3.05, 3.63) is 52.4 Å². The van der Waals surface area contributed by atoms with Crippen LogP contribution in [0.3, 0.4) is 0 Å². The van der Waals surface area contributed by atoms with Gasteiger partial charge in [0, 0.05) is 29.7 Å². The van der Waals surface area contributed by atoms with Gasteiger partial charge >= 0.3 is 0 Å². The van der Waals surface area contributed by atoms with Gasteiger partial charge in [-0.15, -0.1) is 0 Å². The molecule has 0 saturated carbocycles. The molecule has 0 atom stereocenters. The third kappa shape index (κ3) is 3.38. The largest absolute Gasteiger partial charge is 0.387 e. The molecule has 0 radical (unpaired) electrons. The van der Waals surface area contributed by atoms with Crippen molar-refractivity contribution in [2.24, 2.45) is 0 Å². The zero-order valence-electron chi connectivity index (χ0n) is 14.2. The van der Waals surface area contributed by atoms with Crippen molar-refractivity contribution in [3.8, 4) is 17.2 Å². The second-order valence-corrected chi connectivity index (χ2v) is 6.64. The number of anilines is 1. The topological polar surface area (TPSA) is 59.9 Å². The van der Waals surface area contributed by atoms with Gasteiger partial charge in [-0.1, -0.05) is 18.2 Å². The molecule has 2 aromatic rings. The minimum Gasteiger partial charge on any atom is -0.387 e. The third-order valence-corrected chi connectivity index (χ3v) is 4.92. The van der Waals surface area contributed by atoms with Crippen LogP contribution in [0.5, 0.6) is 0 Å². The van der Waals surface area contributed by atoms with Crippen LogP contribution in [0, 0.1) is 11.3 Å². The Morgan fingerprint density at radius 3 is 2.80 bits per heavy atom. The molecule has 0 bridgehead atoms. The van der Waals surface area contributed by atoms with Crippen LogP contribution in [0.1, 0.15) is 18.4 Å². The van der Waals surface area contributed by atoms with Gasteiger partial charge in [0.15, 0.2) is 0 Å². The fraction of sp³-hybridized carbons (Fsp3) is 0.286. The van der Waals surface area contributed by atoms with E-state index in [0.29, 0.717) is 11.6 Å². The number of piperidine rings is 1. The van der Waals surface area contributed by atoms with E-state index in [1.165, 1.54) is 16.1 Å².